The molecule has 1 rings (SSSR count). The van der Waals surface area contributed by atoms with Crippen molar-refractivity contribution in [2.75, 3.05) is 6.61 Å². The number of hydrogen-bond acceptors (Lipinski definition) is 4. The van der Waals surface area contributed by atoms with Crippen molar-refractivity contribution in [1.82, 2.24) is 20.2 Å². The third-order valence-electron chi connectivity index (χ3n) is 0.947. The average Bonchev–Trinajstić information content (AvgIpc) is 2.41. The van der Waals surface area contributed by atoms with Crippen LogP contribution in [0, 0.1) is 0 Å². The van der Waals surface area contributed by atoms with Crippen LogP contribution in [-0.4, -0.2) is 26.8 Å². The largest absolute Gasteiger partial charge is 0.357 e. The van der Waals surface area contributed by atoms with Crippen LogP contribution in [0.1, 0.15) is 13.3 Å². The molecule has 0 aliphatic rings. The monoisotopic (exact) mass is 142 g/mol. The summed E-state index contributed by atoms with van der Waals surface area (Å²) < 4.78 is 5.13. The highest BCUT2D eigenvalue weighted by atomic mass is 16.5. The number of aromatic nitrogens is 4. The Morgan fingerprint density at radius 2 is 2.50 bits per heavy atom. The SMILES string of the molecule is CCCOCn1ncnn1. The normalized spacial score (nSPS) is 10.1. The average molecular weight is 142 g/mol. The third-order valence-corrected chi connectivity index (χ3v) is 0.947. The van der Waals surface area contributed by atoms with E-state index < -0.39 is 0 Å². The van der Waals surface area contributed by atoms with Gasteiger partial charge in [-0.3, -0.25) is 0 Å². The zero-order chi connectivity index (χ0) is 7.23. The number of tetrazole rings is 1. The van der Waals surface area contributed by atoms with Gasteiger partial charge < -0.3 is 4.74 Å². The lowest BCUT2D eigenvalue weighted by molar-refractivity contribution is 0.0587. The first-order valence-corrected chi connectivity index (χ1v) is 3.22. The molecule has 0 radical (unpaired) electrons. The topological polar surface area (TPSA) is 52.8 Å². The van der Waals surface area contributed by atoms with Gasteiger partial charge in [0, 0.05) is 6.61 Å². The highest BCUT2D eigenvalue weighted by Gasteiger charge is 1.89. The van der Waals surface area contributed by atoms with Crippen molar-refractivity contribution < 1.29 is 4.74 Å². The lowest BCUT2D eigenvalue weighted by Crippen LogP contribution is -2.06. The predicted molar refractivity (Wildman–Crippen MR) is 34.1 cm³/mol. The Labute approximate surface area is 59.0 Å². The molecule has 0 spiro atoms. The molecule has 0 aromatic carbocycles. The minimum atomic E-state index is 0.397. The molecular formula is C5H10N4O. The summed E-state index contributed by atoms with van der Waals surface area (Å²) in [7, 11) is 0. The number of nitrogens with zero attached hydrogens (tertiary/aromatic N) is 4. The van der Waals surface area contributed by atoms with E-state index in [0.29, 0.717) is 6.73 Å². The van der Waals surface area contributed by atoms with E-state index in [0.717, 1.165) is 13.0 Å². The van der Waals surface area contributed by atoms with Gasteiger partial charge in [0.05, 0.1) is 0 Å². The first-order chi connectivity index (χ1) is 4.93. The quantitative estimate of drug-likeness (QED) is 0.558. The second kappa shape index (κ2) is 3.94. The maximum Gasteiger partial charge on any atom is 0.162 e. The zero-order valence-corrected chi connectivity index (χ0v) is 5.90. The standard InChI is InChI=1S/C5H10N4O/c1-2-3-10-5-9-7-4-6-8-9/h4H,2-3,5H2,1H3. The minimum Gasteiger partial charge on any atom is -0.357 e. The summed E-state index contributed by atoms with van der Waals surface area (Å²) in [6.07, 6.45) is 2.39. The molecule has 0 saturated heterocycles. The van der Waals surface area contributed by atoms with Crippen LogP contribution in [-0.2, 0) is 11.5 Å². The van der Waals surface area contributed by atoms with Gasteiger partial charge in [0.15, 0.2) is 13.1 Å². The van der Waals surface area contributed by atoms with Crippen LogP contribution in [0.2, 0.25) is 0 Å². The molecule has 0 aliphatic heterocycles. The van der Waals surface area contributed by atoms with E-state index in [4.69, 9.17) is 4.74 Å². The first kappa shape index (κ1) is 7.14. The van der Waals surface area contributed by atoms with Gasteiger partial charge >= 0.3 is 0 Å². The number of hydrogen-bond donors (Lipinski definition) is 0. The Balaban J connectivity index is 2.15. The summed E-state index contributed by atoms with van der Waals surface area (Å²) in [4.78, 5) is 1.40. The van der Waals surface area contributed by atoms with Gasteiger partial charge in [0.2, 0.25) is 0 Å². The zero-order valence-electron chi connectivity index (χ0n) is 5.90. The minimum absolute atomic E-state index is 0.397. The van der Waals surface area contributed by atoms with Gasteiger partial charge in [-0.25, -0.2) is 0 Å². The van der Waals surface area contributed by atoms with E-state index >= 15 is 0 Å². The second-order valence-electron chi connectivity index (χ2n) is 1.85. The van der Waals surface area contributed by atoms with E-state index in [-0.39, 0.29) is 0 Å². The Bertz CT molecular complexity index is 162. The molecule has 0 N–H and O–H groups in total. The van der Waals surface area contributed by atoms with Crippen molar-refractivity contribution in [1.29, 1.82) is 0 Å². The van der Waals surface area contributed by atoms with Crippen LogP contribution in [0.15, 0.2) is 6.33 Å². The van der Waals surface area contributed by atoms with Crippen LogP contribution in [0.25, 0.3) is 0 Å². The molecular weight excluding hydrogens is 132 g/mol. The van der Waals surface area contributed by atoms with Gasteiger partial charge in [-0.05, 0) is 11.6 Å². The van der Waals surface area contributed by atoms with Crippen molar-refractivity contribution in [3.8, 4) is 0 Å². The third kappa shape index (κ3) is 2.10. The lowest BCUT2D eigenvalue weighted by atomic mass is 10.5. The van der Waals surface area contributed by atoms with Gasteiger partial charge in [0.1, 0.15) is 0 Å². The van der Waals surface area contributed by atoms with E-state index in [1.807, 2.05) is 0 Å². The van der Waals surface area contributed by atoms with E-state index in [1.54, 1.807) is 0 Å². The Kier molecular flexibility index (Phi) is 2.82. The highest BCUT2D eigenvalue weighted by Crippen LogP contribution is 1.81. The van der Waals surface area contributed by atoms with Crippen LogP contribution >= 0.6 is 0 Å². The van der Waals surface area contributed by atoms with E-state index in [2.05, 4.69) is 22.3 Å². The summed E-state index contributed by atoms with van der Waals surface area (Å²) in [5.41, 5.74) is 0. The van der Waals surface area contributed by atoms with Crippen molar-refractivity contribution in [2.45, 2.75) is 20.1 Å². The highest BCUT2D eigenvalue weighted by molar-refractivity contribution is 4.33. The molecule has 0 unspecified atom stereocenters. The summed E-state index contributed by atoms with van der Waals surface area (Å²) in [5, 5.41) is 10.9. The smallest absolute Gasteiger partial charge is 0.162 e. The maximum atomic E-state index is 5.13. The molecule has 0 amide bonds. The van der Waals surface area contributed by atoms with Crippen molar-refractivity contribution in [3.63, 3.8) is 0 Å². The maximum absolute atomic E-state index is 5.13. The second-order valence-corrected chi connectivity index (χ2v) is 1.85. The fourth-order valence-corrected chi connectivity index (χ4v) is 0.538. The molecule has 56 valence electrons. The van der Waals surface area contributed by atoms with Crippen molar-refractivity contribution in [2.24, 2.45) is 0 Å². The molecule has 0 atom stereocenters. The molecule has 1 aromatic rings. The number of ether oxygens (including phenoxy) is 1. The summed E-state index contributed by atoms with van der Waals surface area (Å²) in [6, 6.07) is 0. The fraction of sp³-hybridized carbons (Fsp3) is 0.800. The van der Waals surface area contributed by atoms with E-state index in [9.17, 15) is 0 Å². The fourth-order valence-electron chi connectivity index (χ4n) is 0.538. The predicted octanol–water partition coefficient (Wildman–Crippen LogP) is 0.0572. The molecule has 1 aromatic heterocycles. The van der Waals surface area contributed by atoms with Crippen LogP contribution in [0.3, 0.4) is 0 Å². The molecule has 5 nitrogen and oxygen atoms in total. The van der Waals surface area contributed by atoms with Crippen LogP contribution < -0.4 is 0 Å². The van der Waals surface area contributed by atoms with Crippen LogP contribution in [0.4, 0.5) is 0 Å². The Morgan fingerprint density at radius 3 is 3.10 bits per heavy atom. The molecule has 0 fully saturated rings. The van der Waals surface area contributed by atoms with Gasteiger partial charge in [0.25, 0.3) is 0 Å². The van der Waals surface area contributed by atoms with Crippen molar-refractivity contribution >= 4 is 0 Å². The Morgan fingerprint density at radius 1 is 1.60 bits per heavy atom. The number of rotatable bonds is 4. The Hall–Kier alpha value is -0.970. The molecule has 0 aliphatic carbocycles. The molecule has 0 saturated carbocycles. The van der Waals surface area contributed by atoms with Crippen LogP contribution in [0.5, 0.6) is 0 Å². The summed E-state index contributed by atoms with van der Waals surface area (Å²) in [5.74, 6) is 0. The summed E-state index contributed by atoms with van der Waals surface area (Å²) >= 11 is 0. The van der Waals surface area contributed by atoms with Gasteiger partial charge in [-0.2, -0.15) is 0 Å². The lowest BCUT2D eigenvalue weighted by Gasteiger charge is -1.97. The molecule has 10 heavy (non-hydrogen) atoms. The van der Waals surface area contributed by atoms with Gasteiger partial charge in [-0.1, -0.05) is 6.92 Å². The van der Waals surface area contributed by atoms with E-state index in [1.165, 1.54) is 11.1 Å². The molecule has 0 bridgehead atoms. The first-order valence-electron chi connectivity index (χ1n) is 3.22. The van der Waals surface area contributed by atoms with Gasteiger partial charge in [-0.15, -0.1) is 15.0 Å². The molecule has 1 heterocycles. The van der Waals surface area contributed by atoms with Crippen molar-refractivity contribution in [3.05, 3.63) is 6.33 Å². The summed E-state index contributed by atoms with van der Waals surface area (Å²) in [6.45, 7) is 3.18. The molecule has 5 heteroatoms.